The molecule has 240 valence electrons. The van der Waals surface area contributed by atoms with Gasteiger partial charge >= 0.3 is 11.9 Å². The largest absolute Gasteiger partial charge is 0.466 e. The molecule has 0 saturated heterocycles. The lowest BCUT2D eigenvalue weighted by atomic mass is 9.75. The summed E-state index contributed by atoms with van der Waals surface area (Å²) in [7, 11) is 0. The van der Waals surface area contributed by atoms with Crippen molar-refractivity contribution in [2.75, 3.05) is 13.2 Å². The van der Waals surface area contributed by atoms with Gasteiger partial charge in [0.05, 0.1) is 23.9 Å². The zero-order valence-electron chi connectivity index (χ0n) is 27.2. The highest BCUT2D eigenvalue weighted by Crippen LogP contribution is 2.44. The lowest BCUT2D eigenvalue weighted by molar-refractivity contribution is -0.162. The number of benzene rings is 2. The van der Waals surface area contributed by atoms with Crippen molar-refractivity contribution in [3.05, 3.63) is 71.8 Å². The molecule has 1 unspecified atom stereocenters. The standard InChI is InChI=1S/C37H52N2O5/c1-5-43-33(40)30-18-20-32(21-19-30)38-35(42)37(22-12-13-23-37)24-31(34(41)44-36(2,3)4)27-39(25-28-14-8-6-9-15-28)26-29-16-10-7-11-17-29/h6-11,14-17,30-32H,5,12-13,18-27H2,1-4H3,(H,38,42)/t30-,31?,32+. The lowest BCUT2D eigenvalue weighted by Gasteiger charge is -2.37. The first-order valence-electron chi connectivity index (χ1n) is 16.6. The van der Waals surface area contributed by atoms with Crippen molar-refractivity contribution in [2.45, 2.75) is 110 Å². The minimum Gasteiger partial charge on any atom is -0.466 e. The van der Waals surface area contributed by atoms with Crippen LogP contribution in [0, 0.1) is 17.3 Å². The fourth-order valence-corrected chi connectivity index (χ4v) is 6.91. The Kier molecular flexibility index (Phi) is 12.0. The van der Waals surface area contributed by atoms with Gasteiger partial charge in [0.25, 0.3) is 0 Å². The third kappa shape index (κ3) is 9.91. The molecule has 0 bridgehead atoms. The van der Waals surface area contributed by atoms with Gasteiger partial charge in [-0.1, -0.05) is 73.5 Å². The molecule has 4 rings (SSSR count). The molecule has 1 atom stereocenters. The van der Waals surface area contributed by atoms with E-state index in [1.165, 1.54) is 11.1 Å². The fourth-order valence-electron chi connectivity index (χ4n) is 6.91. The number of carbonyl (C=O) groups excluding carboxylic acids is 3. The number of rotatable bonds is 13. The van der Waals surface area contributed by atoms with Gasteiger partial charge in [-0.15, -0.1) is 0 Å². The van der Waals surface area contributed by atoms with Crippen molar-refractivity contribution in [1.29, 1.82) is 0 Å². The van der Waals surface area contributed by atoms with Gasteiger partial charge in [0.1, 0.15) is 5.60 Å². The SMILES string of the molecule is CCOC(=O)[C@H]1CC[C@@H](NC(=O)C2(CC(CN(Cc3ccccc3)Cc3ccccc3)C(=O)OC(C)(C)C)CCCC2)CC1. The maximum absolute atomic E-state index is 14.1. The average Bonchev–Trinajstić information content (AvgIpc) is 3.47. The molecule has 1 amide bonds. The Morgan fingerprint density at radius 3 is 1.93 bits per heavy atom. The molecule has 7 heteroatoms. The van der Waals surface area contributed by atoms with Crippen LogP contribution in [-0.4, -0.2) is 47.5 Å². The van der Waals surface area contributed by atoms with Crippen LogP contribution in [0.1, 0.15) is 96.6 Å². The third-order valence-corrected chi connectivity index (χ3v) is 9.08. The summed E-state index contributed by atoms with van der Waals surface area (Å²) in [4.78, 5) is 42.5. The summed E-state index contributed by atoms with van der Waals surface area (Å²) in [6.07, 6.45) is 6.94. The Bertz CT molecular complexity index is 1150. The van der Waals surface area contributed by atoms with E-state index in [1.807, 2.05) is 64.1 Å². The van der Waals surface area contributed by atoms with E-state index in [-0.39, 0.29) is 29.8 Å². The van der Waals surface area contributed by atoms with Crippen LogP contribution < -0.4 is 5.32 Å². The van der Waals surface area contributed by atoms with Gasteiger partial charge in [0, 0.05) is 25.7 Å². The molecular weight excluding hydrogens is 552 g/mol. The van der Waals surface area contributed by atoms with E-state index >= 15 is 0 Å². The Morgan fingerprint density at radius 1 is 0.886 bits per heavy atom. The van der Waals surface area contributed by atoms with Gasteiger partial charge in [0.2, 0.25) is 5.91 Å². The number of esters is 2. The van der Waals surface area contributed by atoms with Crippen molar-refractivity contribution >= 4 is 17.8 Å². The fraction of sp³-hybridized carbons (Fsp3) is 0.595. The van der Waals surface area contributed by atoms with Crippen molar-refractivity contribution in [2.24, 2.45) is 17.3 Å². The van der Waals surface area contributed by atoms with Crippen LogP contribution in [0.3, 0.4) is 0 Å². The molecule has 2 fully saturated rings. The van der Waals surface area contributed by atoms with E-state index in [1.54, 1.807) is 0 Å². The Balaban J connectivity index is 1.52. The van der Waals surface area contributed by atoms with E-state index in [4.69, 9.17) is 9.47 Å². The topological polar surface area (TPSA) is 84.9 Å². The zero-order chi connectivity index (χ0) is 31.6. The van der Waals surface area contributed by atoms with Crippen molar-refractivity contribution in [1.82, 2.24) is 10.2 Å². The van der Waals surface area contributed by atoms with E-state index in [0.717, 1.165) is 51.4 Å². The van der Waals surface area contributed by atoms with Gasteiger partial charge in [-0.05, 0) is 83.8 Å². The van der Waals surface area contributed by atoms with Crippen molar-refractivity contribution in [3.63, 3.8) is 0 Å². The van der Waals surface area contributed by atoms with Crippen LogP contribution in [-0.2, 0) is 36.9 Å². The minimum absolute atomic E-state index is 0.0401. The summed E-state index contributed by atoms with van der Waals surface area (Å²) >= 11 is 0. The molecule has 44 heavy (non-hydrogen) atoms. The van der Waals surface area contributed by atoms with Gasteiger partial charge < -0.3 is 14.8 Å². The van der Waals surface area contributed by atoms with Gasteiger partial charge in [-0.25, -0.2) is 0 Å². The summed E-state index contributed by atoms with van der Waals surface area (Å²) in [5, 5.41) is 3.36. The molecule has 7 nitrogen and oxygen atoms in total. The van der Waals surface area contributed by atoms with E-state index in [2.05, 4.69) is 34.5 Å². The van der Waals surface area contributed by atoms with Crippen LogP contribution in [0.5, 0.6) is 0 Å². The number of amides is 1. The summed E-state index contributed by atoms with van der Waals surface area (Å²) in [5.41, 5.74) is 1.13. The number of hydrogen-bond acceptors (Lipinski definition) is 6. The summed E-state index contributed by atoms with van der Waals surface area (Å²) < 4.78 is 11.2. The molecule has 2 saturated carbocycles. The molecule has 0 radical (unpaired) electrons. The second-order valence-corrected chi connectivity index (χ2v) is 13.8. The van der Waals surface area contributed by atoms with Gasteiger partial charge in [-0.3, -0.25) is 19.3 Å². The Morgan fingerprint density at radius 2 is 1.43 bits per heavy atom. The third-order valence-electron chi connectivity index (χ3n) is 9.08. The van der Waals surface area contributed by atoms with Gasteiger partial charge in [-0.2, -0.15) is 0 Å². The monoisotopic (exact) mass is 604 g/mol. The first kappa shape index (κ1) is 33.7. The summed E-state index contributed by atoms with van der Waals surface area (Å²) in [5.74, 6) is -0.843. The van der Waals surface area contributed by atoms with Crippen LogP contribution >= 0.6 is 0 Å². The molecule has 0 heterocycles. The lowest BCUT2D eigenvalue weighted by Crippen LogP contribution is -2.48. The zero-order valence-corrected chi connectivity index (χ0v) is 27.2. The second kappa shape index (κ2) is 15.7. The van der Waals surface area contributed by atoms with Crippen LogP contribution in [0.25, 0.3) is 0 Å². The Hall–Kier alpha value is -3.19. The maximum Gasteiger partial charge on any atom is 0.310 e. The molecule has 2 aliphatic rings. The quantitative estimate of drug-likeness (QED) is 0.252. The number of nitrogens with one attached hydrogen (secondary N) is 1. The molecular formula is C37H52N2O5. The molecule has 2 aromatic carbocycles. The minimum atomic E-state index is -0.623. The Labute approximate surface area is 264 Å². The first-order valence-corrected chi connectivity index (χ1v) is 16.6. The average molecular weight is 605 g/mol. The smallest absolute Gasteiger partial charge is 0.310 e. The highest BCUT2D eigenvalue weighted by atomic mass is 16.6. The van der Waals surface area contributed by atoms with Crippen molar-refractivity contribution in [3.8, 4) is 0 Å². The molecule has 0 aliphatic heterocycles. The van der Waals surface area contributed by atoms with Crippen LogP contribution in [0.15, 0.2) is 60.7 Å². The van der Waals surface area contributed by atoms with Crippen LogP contribution in [0.2, 0.25) is 0 Å². The summed E-state index contributed by atoms with van der Waals surface area (Å²) in [6.45, 7) is 9.81. The first-order chi connectivity index (χ1) is 21.1. The van der Waals surface area contributed by atoms with Crippen molar-refractivity contribution < 1.29 is 23.9 Å². The predicted octanol–water partition coefficient (Wildman–Crippen LogP) is 6.84. The molecule has 0 aromatic heterocycles. The molecule has 1 N–H and O–H groups in total. The number of nitrogens with zero attached hydrogens (tertiary/aromatic N) is 1. The highest BCUT2D eigenvalue weighted by molar-refractivity contribution is 5.84. The van der Waals surface area contributed by atoms with E-state index in [0.29, 0.717) is 32.7 Å². The highest BCUT2D eigenvalue weighted by Gasteiger charge is 2.46. The van der Waals surface area contributed by atoms with Gasteiger partial charge in [0.15, 0.2) is 0 Å². The summed E-state index contributed by atoms with van der Waals surface area (Å²) in [6, 6.07) is 20.7. The molecule has 0 spiro atoms. The molecule has 2 aliphatic carbocycles. The number of ether oxygens (including phenoxy) is 2. The normalized spacial score (nSPS) is 20.6. The van der Waals surface area contributed by atoms with E-state index in [9.17, 15) is 14.4 Å². The number of hydrogen-bond donors (Lipinski definition) is 1. The van der Waals surface area contributed by atoms with Crippen LogP contribution in [0.4, 0.5) is 0 Å². The second-order valence-electron chi connectivity index (χ2n) is 13.8. The maximum atomic E-state index is 14.1. The number of carbonyl (C=O) groups is 3. The van der Waals surface area contributed by atoms with E-state index < -0.39 is 16.9 Å². The molecule has 2 aromatic rings. The predicted molar refractivity (Wildman–Crippen MR) is 172 cm³/mol.